The van der Waals surface area contributed by atoms with Gasteiger partial charge in [-0.3, -0.25) is 9.69 Å². The third-order valence-electron chi connectivity index (χ3n) is 5.11. The van der Waals surface area contributed by atoms with Crippen molar-refractivity contribution in [3.8, 4) is 0 Å². The Morgan fingerprint density at radius 3 is 2.46 bits per heavy atom. The molecule has 26 heavy (non-hydrogen) atoms. The molecule has 0 bridgehead atoms. The summed E-state index contributed by atoms with van der Waals surface area (Å²) in [5.74, 6) is 0.0741. The lowest BCUT2D eigenvalue weighted by atomic mass is 10.1. The lowest BCUT2D eigenvalue weighted by Gasteiger charge is -2.34. The van der Waals surface area contributed by atoms with Gasteiger partial charge in [-0.25, -0.2) is 0 Å². The Morgan fingerprint density at radius 2 is 1.81 bits per heavy atom. The van der Waals surface area contributed by atoms with Crippen LogP contribution in [0, 0.1) is 6.92 Å². The van der Waals surface area contributed by atoms with Gasteiger partial charge < -0.3 is 13.9 Å². The molecule has 4 rings (SSSR count). The molecule has 3 heterocycles. The normalized spacial score (nSPS) is 15.7. The molecule has 0 unspecified atom stereocenters. The number of benzene rings is 1. The maximum atomic E-state index is 12.9. The van der Waals surface area contributed by atoms with Crippen LogP contribution >= 0.6 is 15.9 Å². The topological polar surface area (TPSA) is 41.6 Å². The van der Waals surface area contributed by atoms with Crippen LogP contribution in [0.2, 0.25) is 0 Å². The van der Waals surface area contributed by atoms with Crippen LogP contribution in [0.15, 0.2) is 45.5 Å². The molecule has 0 atom stereocenters. The van der Waals surface area contributed by atoms with Crippen molar-refractivity contribution in [2.45, 2.75) is 13.5 Å². The standard InChI is InChI=1S/C20H22BrN3O2/c1-14-3-5-15(6-4-14)13-23-7-9-24(10-8-23)20(25)17-11-18-16(22(17)2)12-19(21)26-18/h3-6,11-12H,7-10,13H2,1-2H3. The zero-order chi connectivity index (χ0) is 18.3. The highest BCUT2D eigenvalue weighted by Gasteiger charge is 2.25. The van der Waals surface area contributed by atoms with Gasteiger partial charge in [0.25, 0.3) is 5.91 Å². The number of furan rings is 1. The number of hydrogen-bond acceptors (Lipinski definition) is 3. The van der Waals surface area contributed by atoms with E-state index in [-0.39, 0.29) is 5.91 Å². The molecule has 1 saturated heterocycles. The molecule has 1 aromatic carbocycles. The summed E-state index contributed by atoms with van der Waals surface area (Å²) in [5.41, 5.74) is 4.95. The molecule has 1 amide bonds. The maximum Gasteiger partial charge on any atom is 0.270 e. The van der Waals surface area contributed by atoms with E-state index in [0.717, 1.165) is 43.8 Å². The van der Waals surface area contributed by atoms with Gasteiger partial charge in [0.2, 0.25) is 0 Å². The van der Waals surface area contributed by atoms with E-state index in [1.165, 1.54) is 11.1 Å². The summed E-state index contributed by atoms with van der Waals surface area (Å²) < 4.78 is 8.17. The van der Waals surface area contributed by atoms with Crippen LogP contribution in [-0.4, -0.2) is 46.5 Å². The molecule has 0 saturated carbocycles. The highest BCUT2D eigenvalue weighted by Crippen LogP contribution is 2.27. The molecule has 1 aliphatic rings. The van der Waals surface area contributed by atoms with Crippen LogP contribution in [0.5, 0.6) is 0 Å². The molecule has 0 spiro atoms. The van der Waals surface area contributed by atoms with Gasteiger partial charge in [-0.2, -0.15) is 0 Å². The number of halogens is 1. The van der Waals surface area contributed by atoms with Crippen LogP contribution in [0.4, 0.5) is 0 Å². The van der Waals surface area contributed by atoms with Crippen molar-refractivity contribution in [2.75, 3.05) is 26.2 Å². The van der Waals surface area contributed by atoms with Crippen molar-refractivity contribution in [1.29, 1.82) is 0 Å². The zero-order valence-corrected chi connectivity index (χ0v) is 16.6. The first-order chi connectivity index (χ1) is 12.5. The van der Waals surface area contributed by atoms with E-state index in [9.17, 15) is 4.79 Å². The van der Waals surface area contributed by atoms with Gasteiger partial charge in [-0.05, 0) is 28.4 Å². The van der Waals surface area contributed by atoms with Gasteiger partial charge in [0.1, 0.15) is 5.69 Å². The number of aryl methyl sites for hydroxylation is 2. The Balaban J connectivity index is 1.40. The van der Waals surface area contributed by atoms with E-state index in [0.29, 0.717) is 10.4 Å². The summed E-state index contributed by atoms with van der Waals surface area (Å²) in [4.78, 5) is 17.3. The van der Waals surface area contributed by atoms with E-state index in [4.69, 9.17) is 4.42 Å². The van der Waals surface area contributed by atoms with Crippen molar-refractivity contribution < 1.29 is 9.21 Å². The monoisotopic (exact) mass is 415 g/mol. The lowest BCUT2D eigenvalue weighted by molar-refractivity contribution is 0.0619. The Kier molecular flexibility index (Phi) is 4.63. The smallest absolute Gasteiger partial charge is 0.270 e. The molecule has 0 radical (unpaired) electrons. The number of carbonyl (C=O) groups excluding carboxylic acids is 1. The maximum absolute atomic E-state index is 12.9. The van der Waals surface area contributed by atoms with Crippen molar-refractivity contribution in [1.82, 2.24) is 14.4 Å². The summed E-state index contributed by atoms with van der Waals surface area (Å²) in [7, 11) is 1.91. The first-order valence-corrected chi connectivity index (χ1v) is 9.62. The van der Waals surface area contributed by atoms with E-state index < -0.39 is 0 Å². The SMILES string of the molecule is Cc1ccc(CN2CCN(C(=O)c3cc4oc(Br)cc4n3C)CC2)cc1. The minimum atomic E-state index is 0.0741. The average Bonchev–Trinajstić information content (AvgIpc) is 3.14. The van der Waals surface area contributed by atoms with E-state index >= 15 is 0 Å². The fraction of sp³-hybridized carbons (Fsp3) is 0.350. The second kappa shape index (κ2) is 6.93. The van der Waals surface area contributed by atoms with Gasteiger partial charge in [-0.1, -0.05) is 29.8 Å². The number of fused-ring (bicyclic) bond motifs is 1. The fourth-order valence-corrected chi connectivity index (χ4v) is 3.90. The summed E-state index contributed by atoms with van der Waals surface area (Å²) in [5, 5.41) is 0. The molecule has 3 aromatic rings. The summed E-state index contributed by atoms with van der Waals surface area (Å²) >= 11 is 3.33. The molecule has 5 nitrogen and oxygen atoms in total. The second-order valence-electron chi connectivity index (χ2n) is 6.94. The second-order valence-corrected chi connectivity index (χ2v) is 7.72. The van der Waals surface area contributed by atoms with Crippen LogP contribution < -0.4 is 0 Å². The highest BCUT2D eigenvalue weighted by atomic mass is 79.9. The first-order valence-electron chi connectivity index (χ1n) is 8.83. The predicted octanol–water partition coefficient (Wildman–Crippen LogP) is 3.80. The van der Waals surface area contributed by atoms with E-state index in [2.05, 4.69) is 52.0 Å². The summed E-state index contributed by atoms with van der Waals surface area (Å²) in [6.07, 6.45) is 0. The highest BCUT2D eigenvalue weighted by molar-refractivity contribution is 9.10. The van der Waals surface area contributed by atoms with Gasteiger partial charge in [0.15, 0.2) is 10.3 Å². The third-order valence-corrected chi connectivity index (χ3v) is 5.50. The van der Waals surface area contributed by atoms with Gasteiger partial charge in [-0.15, -0.1) is 0 Å². The Labute approximate surface area is 161 Å². The molecular weight excluding hydrogens is 394 g/mol. The minimum absolute atomic E-state index is 0.0741. The van der Waals surface area contributed by atoms with E-state index in [1.807, 2.05) is 28.6 Å². The minimum Gasteiger partial charge on any atom is -0.448 e. The van der Waals surface area contributed by atoms with Gasteiger partial charge in [0, 0.05) is 51.9 Å². The Morgan fingerprint density at radius 1 is 1.12 bits per heavy atom. The average molecular weight is 416 g/mol. The lowest BCUT2D eigenvalue weighted by Crippen LogP contribution is -2.48. The number of piperazine rings is 1. The van der Waals surface area contributed by atoms with Gasteiger partial charge in [0.05, 0.1) is 5.52 Å². The molecule has 6 heteroatoms. The predicted molar refractivity (Wildman–Crippen MR) is 105 cm³/mol. The van der Waals surface area contributed by atoms with Crippen molar-refractivity contribution in [2.24, 2.45) is 7.05 Å². The molecule has 2 aromatic heterocycles. The van der Waals surface area contributed by atoms with Crippen LogP contribution in [0.1, 0.15) is 21.6 Å². The van der Waals surface area contributed by atoms with Crippen LogP contribution in [0.3, 0.4) is 0 Å². The number of nitrogens with zero attached hydrogens (tertiary/aromatic N) is 3. The molecule has 1 aliphatic heterocycles. The van der Waals surface area contributed by atoms with Crippen molar-refractivity contribution in [3.63, 3.8) is 0 Å². The molecule has 1 fully saturated rings. The number of aromatic nitrogens is 1. The van der Waals surface area contributed by atoms with E-state index in [1.54, 1.807) is 0 Å². The first kappa shape index (κ1) is 17.4. The molecule has 0 N–H and O–H groups in total. The number of rotatable bonds is 3. The summed E-state index contributed by atoms with van der Waals surface area (Å²) in [6.45, 7) is 6.33. The quantitative estimate of drug-likeness (QED) is 0.652. The molecule has 0 aliphatic carbocycles. The number of amides is 1. The van der Waals surface area contributed by atoms with Gasteiger partial charge >= 0.3 is 0 Å². The van der Waals surface area contributed by atoms with Crippen LogP contribution in [-0.2, 0) is 13.6 Å². The zero-order valence-electron chi connectivity index (χ0n) is 15.0. The largest absolute Gasteiger partial charge is 0.448 e. The molecular formula is C20H22BrN3O2. The number of hydrogen-bond donors (Lipinski definition) is 0. The summed E-state index contributed by atoms with van der Waals surface area (Å²) in [6, 6.07) is 12.4. The third kappa shape index (κ3) is 3.31. The Hall–Kier alpha value is -2.05. The van der Waals surface area contributed by atoms with Crippen molar-refractivity contribution >= 4 is 32.9 Å². The van der Waals surface area contributed by atoms with Crippen molar-refractivity contribution in [3.05, 3.63) is 57.9 Å². The fourth-order valence-electron chi connectivity index (χ4n) is 3.51. The Bertz CT molecular complexity index is 934. The van der Waals surface area contributed by atoms with Crippen LogP contribution in [0.25, 0.3) is 11.1 Å². The number of carbonyl (C=O) groups is 1. The molecule has 136 valence electrons.